The Balaban J connectivity index is 1.75. The van der Waals surface area contributed by atoms with E-state index in [1.807, 2.05) is 0 Å². The second kappa shape index (κ2) is 5.98. The molecule has 1 aliphatic heterocycles. The Kier molecular flexibility index (Phi) is 4.27. The Bertz CT molecular complexity index is 435. The van der Waals surface area contributed by atoms with Crippen molar-refractivity contribution in [1.82, 2.24) is 5.32 Å². The fourth-order valence-electron chi connectivity index (χ4n) is 3.04. The highest BCUT2D eigenvalue weighted by Crippen LogP contribution is 2.46. The summed E-state index contributed by atoms with van der Waals surface area (Å²) in [5.41, 5.74) is 1.40. The van der Waals surface area contributed by atoms with Gasteiger partial charge in [-0.05, 0) is 62.6 Å². The molecule has 20 heavy (non-hydrogen) atoms. The smallest absolute Gasteiger partial charge is 0.119 e. The SMILES string of the molecule is CCNC(c1ccc(OC2CC2)cc1)C1(C)CCCS1. The van der Waals surface area contributed by atoms with Crippen LogP contribution in [0.2, 0.25) is 0 Å². The van der Waals surface area contributed by atoms with E-state index >= 15 is 0 Å². The standard InChI is InChI=1S/C17H25NOS/c1-3-18-16(17(2)11-4-12-20-17)13-5-7-14(8-6-13)19-15-9-10-15/h5-8,15-16,18H,3-4,9-12H2,1-2H3. The fraction of sp³-hybridized carbons (Fsp3) is 0.647. The first-order chi connectivity index (χ1) is 9.71. The Morgan fingerprint density at radius 2 is 2.10 bits per heavy atom. The van der Waals surface area contributed by atoms with Gasteiger partial charge in [-0.3, -0.25) is 0 Å². The van der Waals surface area contributed by atoms with Gasteiger partial charge in [0.2, 0.25) is 0 Å². The lowest BCUT2D eigenvalue weighted by molar-refractivity contribution is 0.303. The maximum atomic E-state index is 5.85. The van der Waals surface area contributed by atoms with Crippen molar-refractivity contribution in [3.63, 3.8) is 0 Å². The molecule has 0 aromatic heterocycles. The summed E-state index contributed by atoms with van der Waals surface area (Å²) in [6, 6.07) is 9.21. The van der Waals surface area contributed by atoms with Crippen molar-refractivity contribution in [3.05, 3.63) is 29.8 Å². The molecule has 1 aromatic rings. The average Bonchev–Trinajstić information content (AvgIpc) is 3.16. The van der Waals surface area contributed by atoms with Crippen molar-refractivity contribution in [1.29, 1.82) is 0 Å². The van der Waals surface area contributed by atoms with Gasteiger partial charge in [0.1, 0.15) is 5.75 Å². The molecule has 2 unspecified atom stereocenters. The Labute approximate surface area is 126 Å². The maximum Gasteiger partial charge on any atom is 0.119 e. The van der Waals surface area contributed by atoms with E-state index in [9.17, 15) is 0 Å². The van der Waals surface area contributed by atoms with Crippen LogP contribution in [-0.4, -0.2) is 23.1 Å². The van der Waals surface area contributed by atoms with E-state index in [2.05, 4.69) is 55.2 Å². The highest BCUT2D eigenvalue weighted by atomic mass is 32.2. The summed E-state index contributed by atoms with van der Waals surface area (Å²) in [5.74, 6) is 2.32. The second-order valence-electron chi connectivity index (χ2n) is 6.14. The Morgan fingerprint density at radius 3 is 2.65 bits per heavy atom. The molecule has 110 valence electrons. The van der Waals surface area contributed by atoms with Crippen LogP contribution < -0.4 is 10.1 Å². The summed E-state index contributed by atoms with van der Waals surface area (Å²) < 4.78 is 6.17. The monoisotopic (exact) mass is 291 g/mol. The zero-order valence-electron chi connectivity index (χ0n) is 12.5. The highest BCUT2D eigenvalue weighted by molar-refractivity contribution is 8.00. The molecule has 1 aliphatic carbocycles. The van der Waals surface area contributed by atoms with Gasteiger partial charge in [-0.1, -0.05) is 19.1 Å². The van der Waals surface area contributed by atoms with Gasteiger partial charge < -0.3 is 10.1 Å². The Hall–Kier alpha value is -0.670. The first-order valence-corrected chi connectivity index (χ1v) is 8.84. The van der Waals surface area contributed by atoms with Gasteiger partial charge in [0.05, 0.1) is 6.10 Å². The molecule has 1 saturated carbocycles. The van der Waals surface area contributed by atoms with Crippen LogP contribution in [0.4, 0.5) is 0 Å². The number of thioether (sulfide) groups is 1. The molecule has 1 saturated heterocycles. The van der Waals surface area contributed by atoms with E-state index in [0.29, 0.717) is 16.9 Å². The van der Waals surface area contributed by atoms with E-state index < -0.39 is 0 Å². The average molecular weight is 291 g/mol. The van der Waals surface area contributed by atoms with Crippen LogP contribution in [0.1, 0.15) is 51.1 Å². The first-order valence-electron chi connectivity index (χ1n) is 7.85. The van der Waals surface area contributed by atoms with E-state index in [1.165, 1.54) is 37.0 Å². The molecule has 2 atom stereocenters. The molecule has 3 heteroatoms. The van der Waals surface area contributed by atoms with Crippen molar-refractivity contribution >= 4 is 11.8 Å². The number of hydrogen-bond donors (Lipinski definition) is 1. The minimum atomic E-state index is 0.328. The topological polar surface area (TPSA) is 21.3 Å². The van der Waals surface area contributed by atoms with Gasteiger partial charge in [0, 0.05) is 10.8 Å². The molecule has 1 heterocycles. The summed E-state index contributed by atoms with van der Waals surface area (Å²) in [5, 5.41) is 3.69. The minimum Gasteiger partial charge on any atom is -0.490 e. The summed E-state index contributed by atoms with van der Waals surface area (Å²) >= 11 is 2.12. The number of nitrogens with one attached hydrogen (secondary N) is 1. The Morgan fingerprint density at radius 1 is 1.35 bits per heavy atom. The fourth-order valence-corrected chi connectivity index (χ4v) is 4.47. The third-order valence-corrected chi connectivity index (χ3v) is 5.90. The zero-order valence-corrected chi connectivity index (χ0v) is 13.3. The van der Waals surface area contributed by atoms with Crippen LogP contribution in [0.3, 0.4) is 0 Å². The normalized spacial score (nSPS) is 27.5. The highest BCUT2D eigenvalue weighted by Gasteiger charge is 2.38. The lowest BCUT2D eigenvalue weighted by atomic mass is 9.90. The molecule has 2 nitrogen and oxygen atoms in total. The molecule has 1 N–H and O–H groups in total. The van der Waals surface area contributed by atoms with E-state index in [1.54, 1.807) is 0 Å². The number of benzene rings is 1. The van der Waals surface area contributed by atoms with Crippen LogP contribution in [0.15, 0.2) is 24.3 Å². The van der Waals surface area contributed by atoms with E-state index in [-0.39, 0.29) is 0 Å². The quantitative estimate of drug-likeness (QED) is 0.850. The lowest BCUT2D eigenvalue weighted by Crippen LogP contribution is -2.37. The van der Waals surface area contributed by atoms with Crippen molar-refractivity contribution in [2.45, 2.75) is 56.4 Å². The molecule has 0 spiro atoms. The van der Waals surface area contributed by atoms with Gasteiger partial charge in [0.25, 0.3) is 0 Å². The maximum absolute atomic E-state index is 5.85. The number of ether oxygens (including phenoxy) is 1. The van der Waals surface area contributed by atoms with Crippen molar-refractivity contribution in [3.8, 4) is 5.75 Å². The molecule has 2 aliphatic rings. The lowest BCUT2D eigenvalue weighted by Gasteiger charge is -2.34. The first kappa shape index (κ1) is 14.3. The van der Waals surface area contributed by atoms with Gasteiger partial charge >= 0.3 is 0 Å². The van der Waals surface area contributed by atoms with E-state index in [4.69, 9.17) is 4.74 Å². The van der Waals surface area contributed by atoms with Crippen LogP contribution in [0.25, 0.3) is 0 Å². The van der Waals surface area contributed by atoms with Crippen LogP contribution in [0, 0.1) is 0 Å². The molecule has 2 fully saturated rings. The van der Waals surface area contributed by atoms with Gasteiger partial charge in [0.15, 0.2) is 0 Å². The minimum absolute atomic E-state index is 0.328. The van der Waals surface area contributed by atoms with Crippen LogP contribution >= 0.6 is 11.8 Å². The molecule has 0 bridgehead atoms. The predicted octanol–water partition coefficient (Wildman–Crippen LogP) is 4.16. The molecule has 0 radical (unpaired) electrons. The van der Waals surface area contributed by atoms with Gasteiger partial charge in [-0.2, -0.15) is 11.8 Å². The molecule has 1 aromatic carbocycles. The second-order valence-corrected chi connectivity index (χ2v) is 7.77. The third-order valence-electron chi connectivity index (χ3n) is 4.31. The van der Waals surface area contributed by atoms with E-state index in [0.717, 1.165) is 12.3 Å². The molecule has 3 rings (SSSR count). The number of rotatable bonds is 6. The summed E-state index contributed by atoms with van der Waals surface area (Å²) in [7, 11) is 0. The third kappa shape index (κ3) is 3.15. The number of hydrogen-bond acceptors (Lipinski definition) is 3. The van der Waals surface area contributed by atoms with Crippen LogP contribution in [0.5, 0.6) is 5.75 Å². The molecular weight excluding hydrogens is 266 g/mol. The summed E-state index contributed by atoms with van der Waals surface area (Å²) in [6.45, 7) is 5.62. The largest absolute Gasteiger partial charge is 0.490 e. The zero-order chi connectivity index (χ0) is 14.0. The molecular formula is C17H25NOS. The summed E-state index contributed by atoms with van der Waals surface area (Å²) in [4.78, 5) is 0. The van der Waals surface area contributed by atoms with Gasteiger partial charge in [-0.15, -0.1) is 0 Å². The van der Waals surface area contributed by atoms with Crippen molar-refractivity contribution in [2.75, 3.05) is 12.3 Å². The van der Waals surface area contributed by atoms with Crippen molar-refractivity contribution < 1.29 is 4.74 Å². The summed E-state index contributed by atoms with van der Waals surface area (Å²) in [6.07, 6.45) is 5.56. The predicted molar refractivity (Wildman–Crippen MR) is 86.6 cm³/mol. The van der Waals surface area contributed by atoms with Crippen LogP contribution in [-0.2, 0) is 0 Å². The van der Waals surface area contributed by atoms with Gasteiger partial charge in [-0.25, -0.2) is 0 Å². The van der Waals surface area contributed by atoms with Crippen molar-refractivity contribution in [2.24, 2.45) is 0 Å². The molecule has 0 amide bonds.